The fourth-order valence-corrected chi connectivity index (χ4v) is 3.30. The molecule has 2 aromatic rings. The summed E-state index contributed by atoms with van der Waals surface area (Å²) in [6, 6.07) is 13.9. The van der Waals surface area contributed by atoms with Crippen LogP contribution in [-0.4, -0.2) is 36.3 Å². The fourth-order valence-electron chi connectivity index (χ4n) is 3.06. The van der Waals surface area contributed by atoms with Crippen molar-refractivity contribution < 1.29 is 9.59 Å². The summed E-state index contributed by atoms with van der Waals surface area (Å²) < 4.78 is 0. The zero-order chi connectivity index (χ0) is 18.0. The first-order chi connectivity index (χ1) is 12.0. The average molecular weight is 358 g/mol. The van der Waals surface area contributed by atoms with Crippen molar-refractivity contribution in [2.24, 2.45) is 5.73 Å². The van der Waals surface area contributed by atoms with Gasteiger partial charge in [-0.25, -0.2) is 0 Å². The number of para-hydroxylation sites is 1. The van der Waals surface area contributed by atoms with Gasteiger partial charge in [0.25, 0.3) is 5.91 Å². The van der Waals surface area contributed by atoms with Crippen molar-refractivity contribution in [1.29, 1.82) is 0 Å². The molecule has 1 aliphatic heterocycles. The van der Waals surface area contributed by atoms with Crippen LogP contribution in [0.1, 0.15) is 22.3 Å². The number of halogens is 1. The maximum Gasteiger partial charge on any atom is 0.254 e. The lowest BCUT2D eigenvalue weighted by Gasteiger charge is -2.24. The second-order valence-corrected chi connectivity index (χ2v) is 6.47. The molecule has 0 radical (unpaired) electrons. The van der Waals surface area contributed by atoms with Crippen molar-refractivity contribution in [1.82, 2.24) is 4.90 Å². The van der Waals surface area contributed by atoms with Gasteiger partial charge >= 0.3 is 0 Å². The highest BCUT2D eigenvalue weighted by Crippen LogP contribution is 2.30. The maximum absolute atomic E-state index is 12.8. The van der Waals surface area contributed by atoms with Gasteiger partial charge in [0.2, 0.25) is 5.91 Å². The Morgan fingerprint density at radius 2 is 1.92 bits per heavy atom. The van der Waals surface area contributed by atoms with E-state index in [1.54, 1.807) is 30.1 Å². The average Bonchev–Trinajstić information content (AvgIpc) is 3.02. The van der Waals surface area contributed by atoms with Crippen LogP contribution < -0.4 is 10.6 Å². The van der Waals surface area contributed by atoms with Crippen molar-refractivity contribution in [2.75, 3.05) is 18.5 Å². The second-order valence-electron chi connectivity index (χ2n) is 6.06. The fraction of sp³-hybridized carbons (Fsp3) is 0.263. The predicted molar refractivity (Wildman–Crippen MR) is 98.6 cm³/mol. The van der Waals surface area contributed by atoms with Gasteiger partial charge in [0.05, 0.1) is 10.7 Å². The van der Waals surface area contributed by atoms with Crippen LogP contribution in [0.15, 0.2) is 48.5 Å². The standard InChI is InChI=1S/C19H20ClN3O2/c1-22(18(24)14-8-6-13(12-21)7-9-14)17-10-11-23(19(17)25)16-5-3-2-4-15(16)20/h2-9,17H,10-12,21H2,1H3/t17-/m0/s1. The highest BCUT2D eigenvalue weighted by Gasteiger charge is 2.37. The number of nitrogens with zero attached hydrogens (tertiary/aromatic N) is 2. The van der Waals surface area contributed by atoms with Crippen molar-refractivity contribution in [3.05, 3.63) is 64.7 Å². The molecule has 25 heavy (non-hydrogen) atoms. The van der Waals surface area contributed by atoms with Crippen molar-refractivity contribution >= 4 is 29.1 Å². The Kier molecular flexibility index (Phi) is 5.06. The van der Waals surface area contributed by atoms with Crippen molar-refractivity contribution in [3.63, 3.8) is 0 Å². The van der Waals surface area contributed by atoms with E-state index in [4.69, 9.17) is 17.3 Å². The molecule has 2 aromatic carbocycles. The molecule has 6 heteroatoms. The quantitative estimate of drug-likeness (QED) is 0.914. The summed E-state index contributed by atoms with van der Waals surface area (Å²) in [5.74, 6) is -0.287. The van der Waals surface area contributed by atoms with E-state index in [0.29, 0.717) is 35.8 Å². The summed E-state index contributed by atoms with van der Waals surface area (Å²) in [5.41, 5.74) is 7.77. The van der Waals surface area contributed by atoms with E-state index in [2.05, 4.69) is 0 Å². The molecule has 0 unspecified atom stereocenters. The third-order valence-electron chi connectivity index (χ3n) is 4.54. The van der Waals surface area contributed by atoms with E-state index in [1.165, 1.54) is 4.90 Å². The van der Waals surface area contributed by atoms with E-state index >= 15 is 0 Å². The molecular formula is C19H20ClN3O2. The Balaban J connectivity index is 1.76. The summed E-state index contributed by atoms with van der Waals surface area (Å²) in [5, 5.41) is 0.530. The Hall–Kier alpha value is -2.37. The monoisotopic (exact) mass is 357 g/mol. The van der Waals surface area contributed by atoms with Crippen LogP contribution in [0.3, 0.4) is 0 Å². The topological polar surface area (TPSA) is 66.6 Å². The minimum atomic E-state index is -0.488. The number of likely N-dealkylation sites (N-methyl/N-ethyl adjacent to an activating group) is 1. The molecule has 0 aliphatic carbocycles. The first-order valence-corrected chi connectivity index (χ1v) is 8.53. The normalized spacial score (nSPS) is 17.0. The molecule has 5 nitrogen and oxygen atoms in total. The molecule has 0 spiro atoms. The summed E-state index contributed by atoms with van der Waals surface area (Å²) in [7, 11) is 1.66. The zero-order valence-corrected chi connectivity index (χ0v) is 14.7. The molecule has 0 bridgehead atoms. The molecular weight excluding hydrogens is 338 g/mol. The van der Waals surface area contributed by atoms with E-state index in [1.807, 2.05) is 30.3 Å². The van der Waals surface area contributed by atoms with Gasteiger partial charge in [0.1, 0.15) is 6.04 Å². The van der Waals surface area contributed by atoms with Gasteiger partial charge in [-0.05, 0) is 36.2 Å². The van der Waals surface area contributed by atoms with E-state index in [9.17, 15) is 9.59 Å². The maximum atomic E-state index is 12.8. The third-order valence-corrected chi connectivity index (χ3v) is 4.86. The summed E-state index contributed by atoms with van der Waals surface area (Å²) >= 11 is 6.20. The lowest BCUT2D eigenvalue weighted by molar-refractivity contribution is -0.120. The summed E-state index contributed by atoms with van der Waals surface area (Å²) in [6.07, 6.45) is 0.577. The van der Waals surface area contributed by atoms with Crippen molar-refractivity contribution in [2.45, 2.75) is 19.0 Å². The van der Waals surface area contributed by atoms with Gasteiger partial charge in [-0.2, -0.15) is 0 Å². The number of benzene rings is 2. The van der Waals surface area contributed by atoms with E-state index in [0.717, 1.165) is 5.56 Å². The number of carbonyl (C=O) groups excluding carboxylic acids is 2. The lowest BCUT2D eigenvalue weighted by Crippen LogP contribution is -2.43. The Morgan fingerprint density at radius 3 is 2.56 bits per heavy atom. The van der Waals surface area contributed by atoms with Crippen LogP contribution in [0.4, 0.5) is 5.69 Å². The predicted octanol–water partition coefficient (Wildman–Crippen LogP) is 2.68. The first-order valence-electron chi connectivity index (χ1n) is 8.15. The van der Waals surface area contributed by atoms with Crippen LogP contribution >= 0.6 is 11.6 Å². The lowest BCUT2D eigenvalue weighted by atomic mass is 10.1. The third kappa shape index (κ3) is 3.38. The highest BCUT2D eigenvalue weighted by atomic mass is 35.5. The van der Waals surface area contributed by atoms with E-state index < -0.39 is 6.04 Å². The molecule has 130 valence electrons. The molecule has 3 rings (SSSR count). The molecule has 0 aromatic heterocycles. The number of amides is 2. The first kappa shape index (κ1) is 17.5. The minimum Gasteiger partial charge on any atom is -0.330 e. The SMILES string of the molecule is CN(C(=O)c1ccc(CN)cc1)[C@H]1CCN(c2ccccc2Cl)C1=O. The van der Waals surface area contributed by atoms with Crippen LogP contribution in [0.25, 0.3) is 0 Å². The Labute approximate surface area is 152 Å². The van der Waals surface area contributed by atoms with Crippen LogP contribution in [0, 0.1) is 0 Å². The number of rotatable bonds is 4. The molecule has 1 fully saturated rings. The van der Waals surface area contributed by atoms with E-state index in [-0.39, 0.29) is 11.8 Å². The van der Waals surface area contributed by atoms with Crippen LogP contribution in [-0.2, 0) is 11.3 Å². The molecule has 0 saturated carbocycles. The second kappa shape index (κ2) is 7.25. The highest BCUT2D eigenvalue weighted by molar-refractivity contribution is 6.34. The Morgan fingerprint density at radius 1 is 1.24 bits per heavy atom. The smallest absolute Gasteiger partial charge is 0.254 e. The van der Waals surface area contributed by atoms with Gasteiger partial charge in [0.15, 0.2) is 0 Å². The van der Waals surface area contributed by atoms with Gasteiger partial charge in [-0.15, -0.1) is 0 Å². The number of nitrogens with two attached hydrogens (primary N) is 1. The summed E-state index contributed by atoms with van der Waals surface area (Å²) in [6.45, 7) is 0.967. The zero-order valence-electron chi connectivity index (χ0n) is 14.0. The number of hydrogen-bond acceptors (Lipinski definition) is 3. The van der Waals surface area contributed by atoms with Crippen molar-refractivity contribution in [3.8, 4) is 0 Å². The number of hydrogen-bond donors (Lipinski definition) is 1. The van der Waals surface area contributed by atoms with Gasteiger partial charge < -0.3 is 15.5 Å². The van der Waals surface area contributed by atoms with Crippen LogP contribution in [0.5, 0.6) is 0 Å². The Bertz CT molecular complexity index is 792. The molecule has 2 amide bonds. The molecule has 1 aliphatic rings. The molecule has 1 heterocycles. The van der Waals surface area contributed by atoms with Crippen LogP contribution in [0.2, 0.25) is 5.02 Å². The van der Waals surface area contributed by atoms with Gasteiger partial charge in [0, 0.05) is 25.7 Å². The summed E-state index contributed by atoms with van der Waals surface area (Å²) in [4.78, 5) is 28.6. The largest absolute Gasteiger partial charge is 0.330 e. The molecule has 1 saturated heterocycles. The molecule has 1 atom stereocenters. The minimum absolute atomic E-state index is 0.109. The molecule has 2 N–H and O–H groups in total. The number of carbonyl (C=O) groups is 2. The van der Waals surface area contributed by atoms with Gasteiger partial charge in [-0.3, -0.25) is 9.59 Å². The number of anilines is 1. The van der Waals surface area contributed by atoms with Gasteiger partial charge in [-0.1, -0.05) is 35.9 Å².